The molecule has 14 nitrogen and oxygen atoms in total. The minimum Gasteiger partial charge on any atom is -0.492 e. The number of nitrogens with zero attached hydrogens (tertiary/aromatic N) is 3. The molecule has 42 heavy (non-hydrogen) atoms. The van der Waals surface area contributed by atoms with Crippen LogP contribution in [0.4, 0.5) is 0 Å². The number of ether oxygens (including phenoxy) is 1. The van der Waals surface area contributed by atoms with E-state index < -0.39 is 41.4 Å². The van der Waals surface area contributed by atoms with Gasteiger partial charge in [0.15, 0.2) is 12.0 Å². The van der Waals surface area contributed by atoms with E-state index in [1.54, 1.807) is 31.2 Å². The Labute approximate surface area is 242 Å². The Hall–Kier alpha value is -4.43. The Bertz CT molecular complexity index is 1520. The van der Waals surface area contributed by atoms with Crippen LogP contribution in [0.15, 0.2) is 41.5 Å². The SMILES string of the molecule is Cc1cccnc1C(=O)NC[C@@H]1N=C(N)N2CC(NC(=O)c3cccc4c3OCCC4(C)C)C(O)(O)C23NC(N)=[NH+][C@@H]13. The molecule has 0 bridgehead atoms. The van der Waals surface area contributed by atoms with Crippen LogP contribution in [0.25, 0.3) is 0 Å². The monoisotopic (exact) mass is 578 g/mol. The van der Waals surface area contributed by atoms with Crippen LogP contribution in [-0.4, -0.2) is 93.1 Å². The first-order valence-corrected chi connectivity index (χ1v) is 13.9. The summed E-state index contributed by atoms with van der Waals surface area (Å²) in [6.45, 7) is 6.34. The number of carbonyl (C=O) groups excluding carboxylic acids is 2. The number of aliphatic imine (C=N–C) groups is 1. The van der Waals surface area contributed by atoms with E-state index in [0.29, 0.717) is 23.5 Å². The second kappa shape index (κ2) is 9.56. The first-order valence-electron chi connectivity index (χ1n) is 13.9. The van der Waals surface area contributed by atoms with Gasteiger partial charge in [-0.05, 0) is 36.5 Å². The highest BCUT2D eigenvalue weighted by molar-refractivity contribution is 5.98. The molecule has 0 aliphatic carbocycles. The molecule has 1 fully saturated rings. The Kier molecular flexibility index (Phi) is 6.31. The summed E-state index contributed by atoms with van der Waals surface area (Å²) >= 11 is 0. The maximum atomic E-state index is 13.6. The van der Waals surface area contributed by atoms with E-state index in [1.807, 2.05) is 6.07 Å². The summed E-state index contributed by atoms with van der Waals surface area (Å²) in [6, 6.07) is 6.07. The number of aliphatic hydroxyl groups is 2. The Balaban J connectivity index is 1.27. The maximum Gasteiger partial charge on any atom is 0.343 e. The Morgan fingerprint density at radius 1 is 1.21 bits per heavy atom. The fourth-order valence-electron chi connectivity index (χ4n) is 6.53. The predicted octanol–water partition coefficient (Wildman–Crippen LogP) is -3.26. The molecular formula is C28H36N9O5+. The van der Waals surface area contributed by atoms with Crippen molar-refractivity contribution in [3.8, 4) is 5.75 Å². The van der Waals surface area contributed by atoms with Crippen molar-refractivity contribution in [3.63, 3.8) is 0 Å². The van der Waals surface area contributed by atoms with Crippen molar-refractivity contribution >= 4 is 23.7 Å². The summed E-state index contributed by atoms with van der Waals surface area (Å²) in [5, 5.41) is 32.1. The van der Waals surface area contributed by atoms with Gasteiger partial charge in [-0.25, -0.2) is 10.3 Å². The van der Waals surface area contributed by atoms with Crippen LogP contribution in [0.3, 0.4) is 0 Å². The van der Waals surface area contributed by atoms with E-state index in [2.05, 4.69) is 44.8 Å². The smallest absolute Gasteiger partial charge is 0.343 e. The zero-order valence-electron chi connectivity index (χ0n) is 23.6. The topological polar surface area (TPSA) is 214 Å². The van der Waals surface area contributed by atoms with Crippen LogP contribution in [0.1, 0.15) is 52.2 Å². The number of para-hydroxylation sites is 1. The van der Waals surface area contributed by atoms with Crippen molar-refractivity contribution in [2.24, 2.45) is 16.5 Å². The lowest BCUT2D eigenvalue weighted by molar-refractivity contribution is -0.521. The van der Waals surface area contributed by atoms with Gasteiger partial charge >= 0.3 is 5.96 Å². The third kappa shape index (κ3) is 4.04. The summed E-state index contributed by atoms with van der Waals surface area (Å²) in [5.74, 6) is -2.97. The number of hydrogen-bond acceptors (Lipinski definition) is 11. The Morgan fingerprint density at radius 3 is 2.76 bits per heavy atom. The maximum absolute atomic E-state index is 13.6. The first-order chi connectivity index (χ1) is 19.9. The number of amides is 2. The second-order valence-corrected chi connectivity index (χ2v) is 11.9. The molecule has 2 aromatic rings. The number of guanidine groups is 2. The minimum absolute atomic E-state index is 0.00471. The number of rotatable bonds is 5. The molecule has 222 valence electrons. The molecule has 0 radical (unpaired) electrons. The standard InChI is InChI=1S/C28H35N9O5/c1-14-6-5-10-31-19(14)23(39)32-12-17-21-27(36-24(29)35-21)28(40,41)18(13-37(27)25(30)33-17)34-22(38)15-7-4-8-16-20(15)42-11-9-26(16,2)3/h4-8,10,17-18,21,40-41H,9,11-13H2,1-3H3,(H2,30,33)(H,32,39)(H,34,38)(H3,29,35,36)/p+1/t17-,18?,21-,27?/m0/s1. The van der Waals surface area contributed by atoms with Crippen molar-refractivity contribution in [1.29, 1.82) is 0 Å². The lowest BCUT2D eigenvalue weighted by atomic mass is 9.79. The van der Waals surface area contributed by atoms with Crippen LogP contribution in [0.2, 0.25) is 0 Å². The molecule has 14 heteroatoms. The molecule has 0 saturated carbocycles. The van der Waals surface area contributed by atoms with E-state index >= 15 is 0 Å². The van der Waals surface area contributed by atoms with Gasteiger partial charge in [-0.1, -0.05) is 32.0 Å². The molecule has 1 aromatic carbocycles. The molecule has 1 saturated heterocycles. The van der Waals surface area contributed by atoms with Crippen molar-refractivity contribution in [2.45, 2.75) is 62.2 Å². The number of benzene rings is 1. The van der Waals surface area contributed by atoms with Crippen LogP contribution in [0.5, 0.6) is 5.75 Å². The summed E-state index contributed by atoms with van der Waals surface area (Å²) < 4.78 is 5.90. The van der Waals surface area contributed by atoms with Gasteiger partial charge in [0.1, 0.15) is 23.5 Å². The van der Waals surface area contributed by atoms with E-state index in [4.69, 9.17) is 16.2 Å². The number of aryl methyl sites for hydroxylation is 1. The third-order valence-electron chi connectivity index (χ3n) is 8.85. The zero-order chi connectivity index (χ0) is 30.0. The van der Waals surface area contributed by atoms with Gasteiger partial charge in [-0.2, -0.15) is 0 Å². The third-order valence-corrected chi connectivity index (χ3v) is 8.85. The van der Waals surface area contributed by atoms with Gasteiger partial charge in [0.25, 0.3) is 17.5 Å². The van der Waals surface area contributed by atoms with Gasteiger partial charge < -0.3 is 31.3 Å². The van der Waals surface area contributed by atoms with E-state index in [9.17, 15) is 19.8 Å². The normalized spacial score (nSPS) is 28.2. The first kappa shape index (κ1) is 27.7. The van der Waals surface area contributed by atoms with Gasteiger partial charge in [-0.15, -0.1) is 0 Å². The highest BCUT2D eigenvalue weighted by Gasteiger charge is 2.76. The van der Waals surface area contributed by atoms with E-state index in [-0.39, 0.29) is 36.1 Å². The van der Waals surface area contributed by atoms with Gasteiger partial charge in [0.05, 0.1) is 18.7 Å². The number of fused-ring (bicyclic) bond motifs is 1. The molecule has 5 heterocycles. The van der Waals surface area contributed by atoms with Crippen molar-refractivity contribution in [3.05, 3.63) is 58.9 Å². The number of hydrogen-bond donors (Lipinski definition) is 8. The minimum atomic E-state index is -2.59. The molecule has 2 unspecified atom stereocenters. The van der Waals surface area contributed by atoms with Crippen molar-refractivity contribution in [2.75, 3.05) is 19.7 Å². The number of nitrogens with one attached hydrogen (secondary N) is 4. The fraction of sp³-hybridized carbons (Fsp3) is 0.464. The molecule has 10 N–H and O–H groups in total. The lowest BCUT2D eigenvalue weighted by Gasteiger charge is -2.46. The van der Waals surface area contributed by atoms with Crippen LogP contribution < -0.4 is 37.1 Å². The summed E-state index contributed by atoms with van der Waals surface area (Å²) in [5.41, 5.74) is 12.8. The average Bonchev–Trinajstić information content (AvgIpc) is 3.41. The van der Waals surface area contributed by atoms with Gasteiger partial charge in [0.2, 0.25) is 5.79 Å². The molecule has 4 aliphatic rings. The lowest BCUT2D eigenvalue weighted by Crippen LogP contribution is -2.90. The number of pyridine rings is 1. The molecule has 6 rings (SSSR count). The molecule has 1 spiro atoms. The van der Waals surface area contributed by atoms with Gasteiger partial charge in [-0.3, -0.25) is 30.2 Å². The summed E-state index contributed by atoms with van der Waals surface area (Å²) in [4.78, 5) is 39.7. The fourth-order valence-corrected chi connectivity index (χ4v) is 6.53. The largest absolute Gasteiger partial charge is 0.492 e. The Morgan fingerprint density at radius 2 is 2.00 bits per heavy atom. The van der Waals surface area contributed by atoms with Crippen molar-refractivity contribution < 1.29 is 29.5 Å². The summed E-state index contributed by atoms with van der Waals surface area (Å²) in [7, 11) is 0. The van der Waals surface area contributed by atoms with E-state index in [1.165, 1.54) is 11.1 Å². The number of nitrogens with two attached hydrogens (primary N) is 2. The summed E-state index contributed by atoms with van der Waals surface area (Å²) in [6.07, 6.45) is 2.34. The van der Waals surface area contributed by atoms with Crippen LogP contribution in [0, 0.1) is 6.92 Å². The number of carbonyl (C=O) groups is 2. The molecular weight excluding hydrogens is 542 g/mol. The quantitative estimate of drug-likeness (QED) is 0.166. The molecule has 4 atom stereocenters. The molecule has 1 aromatic heterocycles. The molecule has 4 aliphatic heterocycles. The highest BCUT2D eigenvalue weighted by atomic mass is 16.5. The van der Waals surface area contributed by atoms with Gasteiger partial charge in [0, 0.05) is 18.3 Å². The van der Waals surface area contributed by atoms with Crippen LogP contribution >= 0.6 is 0 Å². The van der Waals surface area contributed by atoms with Crippen molar-refractivity contribution in [1.82, 2.24) is 25.8 Å². The average molecular weight is 579 g/mol. The second-order valence-electron chi connectivity index (χ2n) is 11.9. The molecule has 2 amide bonds. The van der Waals surface area contributed by atoms with Crippen LogP contribution in [-0.2, 0) is 5.41 Å². The zero-order valence-corrected chi connectivity index (χ0v) is 23.6. The van der Waals surface area contributed by atoms with E-state index in [0.717, 1.165) is 12.0 Å². The predicted molar refractivity (Wildman–Crippen MR) is 151 cm³/mol. The number of aromatic nitrogens is 1. The highest BCUT2D eigenvalue weighted by Crippen LogP contribution is 2.43.